The van der Waals surface area contributed by atoms with E-state index >= 15 is 0 Å². The van der Waals surface area contributed by atoms with Crippen LogP contribution in [0.15, 0.2) is 72.8 Å². The average molecular weight is 393 g/mol. The number of pyridine rings is 4. The first kappa shape index (κ1) is 18.6. The van der Waals surface area contributed by atoms with Gasteiger partial charge in [0, 0.05) is 10.8 Å². The summed E-state index contributed by atoms with van der Waals surface area (Å²) in [5.41, 5.74) is 6.63. The van der Waals surface area contributed by atoms with Crippen LogP contribution in [-0.4, -0.2) is 19.9 Å². The molecular formula is C26H24N4. The molecule has 4 nitrogen and oxygen atoms in total. The van der Waals surface area contributed by atoms with Crippen molar-refractivity contribution in [1.29, 1.82) is 0 Å². The molecule has 0 N–H and O–H groups in total. The molecule has 8 bridgehead atoms. The lowest BCUT2D eigenvalue weighted by Crippen LogP contribution is -2.24. The number of hydrogen-bond acceptors (Lipinski definition) is 4. The zero-order valence-electron chi connectivity index (χ0n) is 17.7. The van der Waals surface area contributed by atoms with E-state index in [9.17, 15) is 0 Å². The molecule has 0 amide bonds. The minimum absolute atomic E-state index is 0.357. The monoisotopic (exact) mass is 392 g/mol. The SMILES string of the molecule is CC1(C)c2cccc(n2)-c2cccc(n2)C(C)(C)c2cccc(n2)-c2cccc1n2. The highest BCUT2D eigenvalue weighted by molar-refractivity contribution is 5.58. The fourth-order valence-electron chi connectivity index (χ4n) is 3.96. The molecule has 4 aromatic heterocycles. The van der Waals surface area contributed by atoms with E-state index in [1.165, 1.54) is 0 Å². The van der Waals surface area contributed by atoms with Gasteiger partial charge in [-0.1, -0.05) is 24.3 Å². The Labute approximate surface area is 177 Å². The molecule has 30 heavy (non-hydrogen) atoms. The first-order valence-electron chi connectivity index (χ1n) is 10.3. The Kier molecular flexibility index (Phi) is 4.07. The zero-order valence-corrected chi connectivity index (χ0v) is 17.7. The van der Waals surface area contributed by atoms with Gasteiger partial charge in [-0.2, -0.15) is 0 Å². The molecule has 5 rings (SSSR count). The number of hydrogen-bond donors (Lipinski definition) is 0. The van der Waals surface area contributed by atoms with Crippen molar-refractivity contribution in [2.45, 2.75) is 38.5 Å². The average Bonchev–Trinajstić information content (AvgIpc) is 2.79. The lowest BCUT2D eigenvalue weighted by atomic mass is 9.83. The molecule has 0 atom stereocenters. The van der Waals surface area contributed by atoms with Crippen LogP contribution in [0, 0.1) is 0 Å². The summed E-state index contributed by atoms with van der Waals surface area (Å²) in [5.74, 6) is 0. The summed E-state index contributed by atoms with van der Waals surface area (Å²) in [4.78, 5) is 20.0. The molecule has 0 unspecified atom stereocenters. The summed E-state index contributed by atoms with van der Waals surface area (Å²) >= 11 is 0. The first-order valence-corrected chi connectivity index (χ1v) is 10.3. The highest BCUT2D eigenvalue weighted by Crippen LogP contribution is 2.34. The van der Waals surface area contributed by atoms with Crippen molar-refractivity contribution in [2.75, 3.05) is 0 Å². The van der Waals surface area contributed by atoms with Crippen molar-refractivity contribution in [3.8, 4) is 22.8 Å². The number of fused-ring (bicyclic) bond motifs is 10. The maximum absolute atomic E-state index is 5.00. The van der Waals surface area contributed by atoms with Gasteiger partial charge < -0.3 is 0 Å². The van der Waals surface area contributed by atoms with Gasteiger partial charge in [0.15, 0.2) is 0 Å². The van der Waals surface area contributed by atoms with Gasteiger partial charge >= 0.3 is 0 Å². The van der Waals surface area contributed by atoms with Gasteiger partial charge in [0.25, 0.3) is 0 Å². The highest BCUT2D eigenvalue weighted by atomic mass is 14.9. The van der Waals surface area contributed by atoms with E-state index in [0.29, 0.717) is 0 Å². The smallest absolute Gasteiger partial charge is 0.0889 e. The Morgan fingerprint density at radius 3 is 0.867 bits per heavy atom. The lowest BCUT2D eigenvalue weighted by molar-refractivity contribution is 0.590. The summed E-state index contributed by atoms with van der Waals surface area (Å²) < 4.78 is 0. The minimum atomic E-state index is -0.357. The molecule has 148 valence electrons. The molecule has 0 saturated heterocycles. The number of nitrogens with zero attached hydrogens (tertiary/aromatic N) is 4. The fourth-order valence-corrected chi connectivity index (χ4v) is 3.96. The second-order valence-corrected chi connectivity index (χ2v) is 8.88. The molecule has 0 fully saturated rings. The third-order valence-electron chi connectivity index (χ3n) is 6.08. The Morgan fingerprint density at radius 2 is 0.633 bits per heavy atom. The Balaban J connectivity index is 1.85. The standard InChI is InChI=1S/C26H24N4/c1-25(2)21-13-5-9-17(27-21)19-11-7-15-23(29-19)26(3,4)24-16-8-12-20(30-24)18-10-6-14-22(25)28-18/h5-16H,1-4H3. The van der Waals surface area contributed by atoms with Gasteiger partial charge in [-0.05, 0) is 76.2 Å². The van der Waals surface area contributed by atoms with E-state index in [4.69, 9.17) is 19.9 Å². The van der Waals surface area contributed by atoms with Crippen LogP contribution in [0.3, 0.4) is 0 Å². The maximum Gasteiger partial charge on any atom is 0.0889 e. The molecule has 0 spiro atoms. The summed E-state index contributed by atoms with van der Waals surface area (Å²) in [6.07, 6.45) is 0. The molecule has 1 aliphatic rings. The van der Waals surface area contributed by atoms with E-state index in [1.807, 2.05) is 24.3 Å². The first-order chi connectivity index (χ1) is 14.4. The molecule has 4 aromatic rings. The van der Waals surface area contributed by atoms with Crippen molar-refractivity contribution < 1.29 is 0 Å². The van der Waals surface area contributed by atoms with Crippen molar-refractivity contribution >= 4 is 0 Å². The van der Waals surface area contributed by atoms with E-state index in [0.717, 1.165) is 45.6 Å². The third-order valence-corrected chi connectivity index (χ3v) is 6.08. The van der Waals surface area contributed by atoms with Crippen LogP contribution in [0.25, 0.3) is 22.8 Å². The van der Waals surface area contributed by atoms with Crippen molar-refractivity contribution in [3.63, 3.8) is 0 Å². The molecule has 0 radical (unpaired) electrons. The summed E-state index contributed by atoms with van der Waals surface area (Å²) in [6, 6.07) is 24.6. The van der Waals surface area contributed by atoms with E-state index in [1.54, 1.807) is 0 Å². The second-order valence-electron chi connectivity index (χ2n) is 8.88. The van der Waals surface area contributed by atoms with Crippen LogP contribution in [-0.2, 0) is 10.8 Å². The highest BCUT2D eigenvalue weighted by Gasteiger charge is 2.30. The maximum atomic E-state index is 5.00. The van der Waals surface area contributed by atoms with Gasteiger partial charge in [-0.15, -0.1) is 0 Å². The predicted octanol–water partition coefficient (Wildman–Crippen LogP) is 5.57. The molecular weight excluding hydrogens is 368 g/mol. The summed E-state index contributed by atoms with van der Waals surface area (Å²) in [6.45, 7) is 8.64. The normalized spacial score (nSPS) is 15.9. The predicted molar refractivity (Wildman–Crippen MR) is 119 cm³/mol. The molecule has 1 aliphatic heterocycles. The number of aromatic nitrogens is 4. The lowest BCUT2D eigenvalue weighted by Gasteiger charge is -2.27. The molecule has 4 heteroatoms. The third kappa shape index (κ3) is 2.91. The second kappa shape index (κ2) is 6.56. The van der Waals surface area contributed by atoms with Crippen LogP contribution in [0.5, 0.6) is 0 Å². The summed E-state index contributed by atoms with van der Waals surface area (Å²) in [7, 11) is 0. The Hall–Kier alpha value is -3.40. The van der Waals surface area contributed by atoms with Crippen LogP contribution in [0.2, 0.25) is 0 Å². The van der Waals surface area contributed by atoms with Gasteiger partial charge in [-0.3, -0.25) is 19.9 Å². The molecule has 5 heterocycles. The van der Waals surface area contributed by atoms with Crippen LogP contribution < -0.4 is 0 Å². The Morgan fingerprint density at radius 1 is 0.400 bits per heavy atom. The molecule has 0 saturated carbocycles. The minimum Gasteiger partial charge on any atom is -0.250 e. The van der Waals surface area contributed by atoms with Crippen molar-refractivity contribution in [1.82, 2.24) is 19.9 Å². The zero-order chi connectivity index (χ0) is 20.9. The van der Waals surface area contributed by atoms with Crippen molar-refractivity contribution in [2.24, 2.45) is 0 Å². The fraction of sp³-hybridized carbons (Fsp3) is 0.231. The van der Waals surface area contributed by atoms with E-state index < -0.39 is 0 Å². The van der Waals surface area contributed by atoms with Gasteiger partial charge in [0.1, 0.15) is 0 Å². The van der Waals surface area contributed by atoms with Gasteiger partial charge in [-0.25, -0.2) is 0 Å². The topological polar surface area (TPSA) is 51.6 Å². The Bertz CT molecular complexity index is 1060. The van der Waals surface area contributed by atoms with Gasteiger partial charge in [0.2, 0.25) is 0 Å². The van der Waals surface area contributed by atoms with Crippen LogP contribution in [0.1, 0.15) is 50.5 Å². The largest absolute Gasteiger partial charge is 0.250 e. The molecule has 0 aliphatic carbocycles. The summed E-state index contributed by atoms with van der Waals surface area (Å²) in [5, 5.41) is 0. The van der Waals surface area contributed by atoms with Crippen LogP contribution >= 0.6 is 0 Å². The van der Waals surface area contributed by atoms with E-state index in [-0.39, 0.29) is 10.8 Å². The van der Waals surface area contributed by atoms with Crippen molar-refractivity contribution in [3.05, 3.63) is 95.6 Å². The molecule has 0 aromatic carbocycles. The van der Waals surface area contributed by atoms with E-state index in [2.05, 4.69) is 76.2 Å². The quantitative estimate of drug-likeness (QED) is 0.393. The van der Waals surface area contributed by atoms with Crippen LogP contribution in [0.4, 0.5) is 0 Å². The van der Waals surface area contributed by atoms with Gasteiger partial charge in [0.05, 0.1) is 45.6 Å². The number of rotatable bonds is 0.